The fraction of sp³-hybridized carbons (Fsp3) is 0.708. The number of rotatable bonds is 3. The molecule has 0 bridgehead atoms. The summed E-state index contributed by atoms with van der Waals surface area (Å²) in [7, 11) is 0. The minimum absolute atomic E-state index is 0.248. The summed E-state index contributed by atoms with van der Waals surface area (Å²) in [6, 6.07) is 5.60. The molecule has 1 saturated heterocycles. The molecule has 5 rings (SSSR count). The van der Waals surface area contributed by atoms with Gasteiger partial charge < -0.3 is 40.1 Å². The minimum Gasteiger partial charge on any atom is -0.479 e. The Hall–Kier alpha value is -1.75. The van der Waals surface area contributed by atoms with Crippen molar-refractivity contribution in [3.8, 4) is 5.75 Å². The van der Waals surface area contributed by atoms with Crippen LogP contribution in [-0.4, -0.2) is 79.5 Å². The molecule has 10 unspecified atom stereocenters. The molecule has 1 aromatic rings. The zero-order chi connectivity index (χ0) is 23.7. The second-order valence-electron chi connectivity index (χ2n) is 10.4. The Balaban J connectivity index is 1.34. The molecule has 182 valence electrons. The van der Waals surface area contributed by atoms with E-state index < -0.39 is 48.9 Å². The molecule has 11 atom stereocenters. The highest BCUT2D eigenvalue weighted by molar-refractivity contribution is 5.73. The maximum absolute atomic E-state index is 11.3. The smallest absolute Gasteiger partial charge is 0.335 e. The van der Waals surface area contributed by atoms with Gasteiger partial charge in [0.2, 0.25) is 6.29 Å². The predicted octanol–water partition coefficient (Wildman–Crippen LogP) is 0.145. The van der Waals surface area contributed by atoms with E-state index in [1.807, 2.05) is 12.1 Å². The molecule has 0 radical (unpaired) electrons. The first-order chi connectivity index (χ1) is 15.6. The Kier molecular flexibility index (Phi) is 5.70. The van der Waals surface area contributed by atoms with E-state index in [9.17, 15) is 35.4 Å². The average molecular weight is 465 g/mol. The van der Waals surface area contributed by atoms with Crippen molar-refractivity contribution < 1.29 is 44.9 Å². The maximum Gasteiger partial charge on any atom is 0.335 e. The van der Waals surface area contributed by atoms with Crippen LogP contribution in [0.2, 0.25) is 0 Å². The number of carboxylic acids is 1. The van der Waals surface area contributed by atoms with Gasteiger partial charge in [0.15, 0.2) is 6.10 Å². The van der Waals surface area contributed by atoms with Gasteiger partial charge in [-0.05, 0) is 78.5 Å². The Morgan fingerprint density at radius 2 is 1.85 bits per heavy atom. The summed E-state index contributed by atoms with van der Waals surface area (Å²) in [5.41, 5.74) is 2.08. The van der Waals surface area contributed by atoms with Crippen LogP contribution in [0, 0.1) is 17.3 Å². The largest absolute Gasteiger partial charge is 0.479 e. The number of fused-ring (bicyclic) bond motifs is 5. The quantitative estimate of drug-likeness (QED) is 0.366. The summed E-state index contributed by atoms with van der Waals surface area (Å²) < 4.78 is 10.9. The fourth-order valence-electron chi connectivity index (χ4n) is 6.90. The maximum atomic E-state index is 11.3. The number of benzene rings is 1. The minimum atomic E-state index is -1.76. The summed E-state index contributed by atoms with van der Waals surface area (Å²) in [5, 5.41) is 60.2. The molecular weight excluding hydrogens is 432 g/mol. The number of hydrogen-bond donors (Lipinski definition) is 6. The highest BCUT2D eigenvalue weighted by Crippen LogP contribution is 2.61. The second kappa shape index (κ2) is 8.18. The number of aliphatic carboxylic acids is 1. The Morgan fingerprint density at radius 1 is 1.09 bits per heavy atom. The lowest BCUT2D eigenvalue weighted by Gasteiger charge is -2.50. The Labute approximate surface area is 191 Å². The summed E-state index contributed by atoms with van der Waals surface area (Å²) in [6.07, 6.45) is -5.40. The predicted molar refractivity (Wildman–Crippen MR) is 113 cm³/mol. The number of ether oxygens (including phenoxy) is 2. The first-order valence-corrected chi connectivity index (χ1v) is 11.7. The van der Waals surface area contributed by atoms with Gasteiger partial charge in [-0.2, -0.15) is 0 Å². The molecule has 0 spiro atoms. The van der Waals surface area contributed by atoms with Crippen molar-refractivity contribution in [2.75, 3.05) is 0 Å². The fourth-order valence-corrected chi connectivity index (χ4v) is 6.90. The number of carbonyl (C=O) groups is 1. The van der Waals surface area contributed by atoms with E-state index in [1.54, 1.807) is 6.07 Å². The lowest BCUT2D eigenvalue weighted by Crippen LogP contribution is -2.61. The molecule has 2 saturated carbocycles. The summed E-state index contributed by atoms with van der Waals surface area (Å²) in [6.45, 7) is 2.10. The van der Waals surface area contributed by atoms with Gasteiger partial charge in [-0.1, -0.05) is 13.0 Å². The third kappa shape index (κ3) is 3.57. The van der Waals surface area contributed by atoms with Crippen molar-refractivity contribution in [3.63, 3.8) is 0 Å². The van der Waals surface area contributed by atoms with E-state index in [4.69, 9.17) is 9.47 Å². The molecule has 3 aliphatic carbocycles. The van der Waals surface area contributed by atoms with E-state index in [2.05, 4.69) is 6.92 Å². The first kappa shape index (κ1) is 23.0. The number of hydrogen-bond acceptors (Lipinski definition) is 8. The Bertz CT molecular complexity index is 921. The monoisotopic (exact) mass is 464 g/mol. The number of carboxylic acid groups (broad SMARTS) is 1. The van der Waals surface area contributed by atoms with Crippen molar-refractivity contribution in [1.82, 2.24) is 0 Å². The van der Waals surface area contributed by atoms with Crippen molar-refractivity contribution in [2.45, 2.75) is 87.9 Å². The van der Waals surface area contributed by atoms with Crippen LogP contribution < -0.4 is 4.74 Å². The Morgan fingerprint density at radius 3 is 2.58 bits per heavy atom. The van der Waals surface area contributed by atoms with Crippen molar-refractivity contribution in [3.05, 3.63) is 29.3 Å². The summed E-state index contributed by atoms with van der Waals surface area (Å²) >= 11 is 0. The first-order valence-electron chi connectivity index (χ1n) is 11.7. The molecule has 33 heavy (non-hydrogen) atoms. The lowest BCUT2D eigenvalue weighted by atomic mass is 9.55. The molecule has 3 fully saturated rings. The summed E-state index contributed by atoms with van der Waals surface area (Å²) in [5.74, 6) is -0.0622. The topological polar surface area (TPSA) is 157 Å². The van der Waals surface area contributed by atoms with Crippen LogP contribution in [0.3, 0.4) is 0 Å². The zero-order valence-electron chi connectivity index (χ0n) is 18.4. The van der Waals surface area contributed by atoms with E-state index in [0.29, 0.717) is 24.0 Å². The van der Waals surface area contributed by atoms with Crippen LogP contribution >= 0.6 is 0 Å². The normalized spacial score (nSPS) is 46.7. The van der Waals surface area contributed by atoms with E-state index in [1.165, 1.54) is 5.56 Å². The van der Waals surface area contributed by atoms with Crippen LogP contribution in [0.1, 0.15) is 49.7 Å². The van der Waals surface area contributed by atoms with Gasteiger partial charge in [0.1, 0.15) is 24.1 Å². The number of aliphatic hydroxyl groups is 5. The molecule has 1 heterocycles. The molecule has 1 aromatic carbocycles. The van der Waals surface area contributed by atoms with Crippen LogP contribution in [0.15, 0.2) is 18.2 Å². The number of aryl methyl sites for hydroxylation is 1. The molecule has 9 nitrogen and oxygen atoms in total. The van der Waals surface area contributed by atoms with Gasteiger partial charge in [0, 0.05) is 0 Å². The summed E-state index contributed by atoms with van der Waals surface area (Å²) in [4.78, 5) is 11.3. The van der Waals surface area contributed by atoms with Gasteiger partial charge in [-0.3, -0.25) is 0 Å². The highest BCUT2D eigenvalue weighted by atomic mass is 16.7. The molecule has 0 amide bonds. The molecule has 0 aromatic heterocycles. The molecule has 9 heteroatoms. The van der Waals surface area contributed by atoms with Crippen LogP contribution in [-0.2, 0) is 16.0 Å². The third-order valence-corrected chi connectivity index (χ3v) is 8.74. The zero-order valence-corrected chi connectivity index (χ0v) is 18.4. The molecule has 4 aliphatic rings. The average Bonchev–Trinajstić information content (AvgIpc) is 3.02. The van der Waals surface area contributed by atoms with Crippen molar-refractivity contribution in [2.24, 2.45) is 17.3 Å². The molecule has 6 N–H and O–H groups in total. The van der Waals surface area contributed by atoms with Crippen LogP contribution in [0.25, 0.3) is 0 Å². The van der Waals surface area contributed by atoms with Crippen LogP contribution in [0.4, 0.5) is 0 Å². The third-order valence-electron chi connectivity index (χ3n) is 8.74. The highest BCUT2D eigenvalue weighted by Gasteiger charge is 2.57. The van der Waals surface area contributed by atoms with Crippen LogP contribution in [0.5, 0.6) is 5.75 Å². The van der Waals surface area contributed by atoms with Gasteiger partial charge in [0.05, 0.1) is 12.2 Å². The van der Waals surface area contributed by atoms with E-state index in [0.717, 1.165) is 31.2 Å². The molecule has 1 aliphatic heterocycles. The van der Waals surface area contributed by atoms with E-state index in [-0.39, 0.29) is 11.3 Å². The number of aliphatic hydroxyl groups excluding tert-OH is 5. The molecular formula is C24H32O9. The van der Waals surface area contributed by atoms with Gasteiger partial charge in [0.25, 0.3) is 0 Å². The lowest BCUT2D eigenvalue weighted by molar-refractivity contribution is -0.271. The van der Waals surface area contributed by atoms with Gasteiger partial charge >= 0.3 is 5.97 Å². The van der Waals surface area contributed by atoms with Crippen molar-refractivity contribution >= 4 is 5.97 Å². The van der Waals surface area contributed by atoms with Gasteiger partial charge in [-0.25, -0.2) is 4.79 Å². The van der Waals surface area contributed by atoms with E-state index >= 15 is 0 Å². The standard InChI is InChI=1S/C24H32O9/c1-24-7-6-13-12-5-3-11(32-23-19(28)17(26)18(27)20(33-23)22(30)31)8-10(12)2-4-14(13)15(24)9-16(25)21(24)29/h3,5,8,13-21,23,25-29H,2,4,6-7,9H2,1H3,(H,30,31)/t13?,14?,15?,16?,17?,18?,19?,20?,21?,23?,24-/m0/s1. The SMILES string of the molecule is C[C@]12CCC3c4ccc(OC5OC(C(=O)O)C(O)C(O)C5O)cc4CCC3C1CC(O)C2O. The second-order valence-corrected chi connectivity index (χ2v) is 10.4. The van der Waals surface area contributed by atoms with Crippen molar-refractivity contribution in [1.29, 1.82) is 0 Å². The van der Waals surface area contributed by atoms with Gasteiger partial charge in [-0.15, -0.1) is 0 Å².